The molecule has 3 nitrogen and oxygen atoms in total. The second kappa shape index (κ2) is 4.59. The minimum absolute atomic E-state index is 0.159. The predicted octanol–water partition coefficient (Wildman–Crippen LogP) is 3.41. The zero-order chi connectivity index (χ0) is 12.5. The summed E-state index contributed by atoms with van der Waals surface area (Å²) in [7, 11) is 0. The van der Waals surface area contributed by atoms with Gasteiger partial charge in [-0.1, -0.05) is 32.6 Å². The Hall–Kier alpha value is -0.590. The summed E-state index contributed by atoms with van der Waals surface area (Å²) in [6.07, 6.45) is 8.20. The molecule has 3 heteroatoms. The molecule has 2 aliphatic heterocycles. The number of fused-ring (bicyclic) bond motifs is 1. The van der Waals surface area contributed by atoms with Crippen molar-refractivity contribution in [3.8, 4) is 6.07 Å². The van der Waals surface area contributed by atoms with E-state index in [0.717, 1.165) is 12.8 Å². The summed E-state index contributed by atoms with van der Waals surface area (Å²) in [6, 6.07) is 2.94. The fourth-order valence-corrected chi connectivity index (χ4v) is 3.28. The zero-order valence-corrected chi connectivity index (χ0v) is 11.3. The van der Waals surface area contributed by atoms with E-state index >= 15 is 0 Å². The SMILES string of the molecule is CCCCCC[C@@H]1C[C@@]2(C#N)CC(C)(C)ON12. The Bertz CT molecular complexity index is 321. The van der Waals surface area contributed by atoms with Crippen LogP contribution in [0.5, 0.6) is 0 Å². The van der Waals surface area contributed by atoms with Gasteiger partial charge in [-0.05, 0) is 26.7 Å². The lowest BCUT2D eigenvalue weighted by atomic mass is 9.75. The van der Waals surface area contributed by atoms with Crippen molar-refractivity contribution in [3.05, 3.63) is 0 Å². The standard InChI is InChI=1S/C14H24N2O/c1-4-5-6-7-8-12-9-14(11-15)10-13(2,3)17-16(12)14/h12H,4-10H2,1-3H3/t12-,14+/m1/s1. The summed E-state index contributed by atoms with van der Waals surface area (Å²) in [4.78, 5) is 5.92. The van der Waals surface area contributed by atoms with Gasteiger partial charge in [-0.25, -0.2) is 0 Å². The number of hydroxylamine groups is 2. The fourth-order valence-electron chi connectivity index (χ4n) is 3.28. The number of rotatable bonds is 5. The number of unbranched alkanes of at least 4 members (excludes halogenated alkanes) is 3. The zero-order valence-electron chi connectivity index (χ0n) is 11.3. The smallest absolute Gasteiger partial charge is 0.137 e. The molecule has 0 aromatic heterocycles. The van der Waals surface area contributed by atoms with E-state index in [0.29, 0.717) is 6.04 Å². The molecular weight excluding hydrogens is 212 g/mol. The van der Waals surface area contributed by atoms with Gasteiger partial charge in [0, 0.05) is 12.5 Å². The van der Waals surface area contributed by atoms with Crippen molar-refractivity contribution in [2.24, 2.45) is 0 Å². The summed E-state index contributed by atoms with van der Waals surface area (Å²) in [6.45, 7) is 6.40. The molecule has 2 saturated heterocycles. The van der Waals surface area contributed by atoms with Crippen molar-refractivity contribution in [2.75, 3.05) is 0 Å². The number of nitriles is 1. The topological polar surface area (TPSA) is 36.3 Å². The third kappa shape index (κ3) is 2.34. The van der Waals surface area contributed by atoms with Crippen molar-refractivity contribution in [1.29, 1.82) is 5.26 Å². The minimum atomic E-state index is -0.307. The van der Waals surface area contributed by atoms with Gasteiger partial charge in [0.15, 0.2) is 0 Å². The molecule has 2 aliphatic rings. The van der Waals surface area contributed by atoms with Crippen LogP contribution < -0.4 is 0 Å². The van der Waals surface area contributed by atoms with Crippen LogP contribution in [-0.4, -0.2) is 22.2 Å². The first kappa shape index (κ1) is 12.9. The second-order valence-corrected chi connectivity index (χ2v) is 6.20. The van der Waals surface area contributed by atoms with Crippen LogP contribution in [0.4, 0.5) is 0 Å². The molecule has 0 unspecified atom stereocenters. The summed E-state index contributed by atoms with van der Waals surface area (Å²) in [5.74, 6) is 0. The predicted molar refractivity (Wildman–Crippen MR) is 67.1 cm³/mol. The fraction of sp³-hybridized carbons (Fsp3) is 0.929. The van der Waals surface area contributed by atoms with Gasteiger partial charge in [0.2, 0.25) is 0 Å². The summed E-state index contributed by atoms with van der Waals surface area (Å²) >= 11 is 0. The first-order valence-electron chi connectivity index (χ1n) is 6.93. The molecule has 0 spiro atoms. The van der Waals surface area contributed by atoms with Crippen LogP contribution in [0.2, 0.25) is 0 Å². The maximum absolute atomic E-state index is 9.33. The molecule has 0 amide bonds. The van der Waals surface area contributed by atoms with Gasteiger partial charge in [0.25, 0.3) is 0 Å². The highest BCUT2D eigenvalue weighted by Gasteiger charge is 2.61. The Labute approximate surface area is 105 Å². The normalized spacial score (nSPS) is 35.1. The first-order chi connectivity index (χ1) is 8.03. The molecule has 0 N–H and O–H groups in total. The van der Waals surface area contributed by atoms with E-state index in [1.165, 1.54) is 32.1 Å². The number of hydrogen-bond donors (Lipinski definition) is 0. The first-order valence-corrected chi connectivity index (χ1v) is 6.93. The molecule has 0 bridgehead atoms. The Balaban J connectivity index is 1.84. The van der Waals surface area contributed by atoms with E-state index in [1.807, 2.05) is 5.06 Å². The second-order valence-electron chi connectivity index (χ2n) is 6.20. The highest BCUT2D eigenvalue weighted by molar-refractivity contribution is 5.20. The molecule has 0 aromatic rings. The van der Waals surface area contributed by atoms with Crippen LogP contribution in [0, 0.1) is 11.3 Å². The van der Waals surface area contributed by atoms with Gasteiger partial charge in [0.1, 0.15) is 5.54 Å². The average Bonchev–Trinajstić information content (AvgIpc) is 2.48. The summed E-state index contributed by atoms with van der Waals surface area (Å²) in [5.41, 5.74) is -0.465. The molecule has 0 aromatic carbocycles. The summed E-state index contributed by atoms with van der Waals surface area (Å²) < 4.78 is 0. The van der Waals surface area contributed by atoms with Crippen molar-refractivity contribution in [1.82, 2.24) is 5.06 Å². The molecular formula is C14H24N2O. The average molecular weight is 236 g/mol. The lowest BCUT2D eigenvalue weighted by Gasteiger charge is -2.47. The van der Waals surface area contributed by atoms with Crippen molar-refractivity contribution in [2.45, 2.75) is 82.9 Å². The molecule has 17 heavy (non-hydrogen) atoms. The Morgan fingerprint density at radius 3 is 2.76 bits per heavy atom. The Morgan fingerprint density at radius 2 is 2.12 bits per heavy atom. The highest BCUT2D eigenvalue weighted by Crippen LogP contribution is 2.51. The number of hydrogen-bond acceptors (Lipinski definition) is 3. The van der Waals surface area contributed by atoms with Crippen LogP contribution >= 0.6 is 0 Å². The van der Waals surface area contributed by atoms with E-state index in [4.69, 9.17) is 4.84 Å². The highest BCUT2D eigenvalue weighted by atomic mass is 16.7. The van der Waals surface area contributed by atoms with Gasteiger partial charge in [0.05, 0.1) is 11.7 Å². The molecule has 0 saturated carbocycles. The maximum atomic E-state index is 9.33. The van der Waals surface area contributed by atoms with Crippen LogP contribution in [0.3, 0.4) is 0 Å². The lowest BCUT2D eigenvalue weighted by molar-refractivity contribution is -0.273. The molecule has 2 fully saturated rings. The van der Waals surface area contributed by atoms with E-state index in [2.05, 4.69) is 26.8 Å². The van der Waals surface area contributed by atoms with E-state index in [1.54, 1.807) is 0 Å². The minimum Gasteiger partial charge on any atom is -0.291 e. The third-order valence-corrected chi connectivity index (χ3v) is 3.99. The molecule has 2 atom stereocenters. The van der Waals surface area contributed by atoms with Gasteiger partial charge in [-0.2, -0.15) is 10.3 Å². The van der Waals surface area contributed by atoms with Crippen molar-refractivity contribution >= 4 is 0 Å². The lowest BCUT2D eigenvalue weighted by Crippen LogP contribution is -2.60. The molecule has 0 aliphatic carbocycles. The quantitative estimate of drug-likeness (QED) is 0.686. The third-order valence-electron chi connectivity index (χ3n) is 3.99. The summed E-state index contributed by atoms with van der Waals surface area (Å²) in [5, 5.41) is 11.3. The molecule has 0 radical (unpaired) electrons. The Morgan fingerprint density at radius 1 is 1.35 bits per heavy atom. The van der Waals surface area contributed by atoms with E-state index in [9.17, 15) is 5.26 Å². The van der Waals surface area contributed by atoms with E-state index < -0.39 is 0 Å². The van der Waals surface area contributed by atoms with Crippen LogP contribution in [-0.2, 0) is 4.84 Å². The van der Waals surface area contributed by atoms with E-state index in [-0.39, 0.29) is 11.1 Å². The van der Waals surface area contributed by atoms with Crippen LogP contribution in [0.25, 0.3) is 0 Å². The maximum Gasteiger partial charge on any atom is 0.137 e. The molecule has 2 rings (SSSR count). The molecule has 96 valence electrons. The van der Waals surface area contributed by atoms with Gasteiger partial charge >= 0.3 is 0 Å². The van der Waals surface area contributed by atoms with Gasteiger partial charge in [-0.15, -0.1) is 0 Å². The largest absolute Gasteiger partial charge is 0.291 e. The monoisotopic (exact) mass is 236 g/mol. The van der Waals surface area contributed by atoms with Crippen LogP contribution in [0.15, 0.2) is 0 Å². The van der Waals surface area contributed by atoms with Crippen LogP contribution in [0.1, 0.15) is 65.7 Å². The van der Waals surface area contributed by atoms with Crippen molar-refractivity contribution < 1.29 is 4.84 Å². The van der Waals surface area contributed by atoms with Gasteiger partial charge in [-0.3, -0.25) is 4.84 Å². The number of nitrogens with zero attached hydrogens (tertiary/aromatic N) is 2. The van der Waals surface area contributed by atoms with Gasteiger partial charge < -0.3 is 0 Å². The Kier molecular flexibility index (Phi) is 3.47. The molecule has 2 heterocycles. The van der Waals surface area contributed by atoms with Crippen molar-refractivity contribution in [3.63, 3.8) is 0 Å².